The van der Waals surface area contributed by atoms with Gasteiger partial charge in [0, 0.05) is 23.4 Å². The van der Waals surface area contributed by atoms with Crippen LogP contribution in [0.25, 0.3) is 0 Å². The monoisotopic (exact) mass is 466 g/mol. The highest BCUT2D eigenvalue weighted by Gasteiger charge is 2.74. The summed E-state index contributed by atoms with van der Waals surface area (Å²) in [5.41, 5.74) is 0.759. The molecule has 6 rings (SSSR count). The highest BCUT2D eigenvalue weighted by atomic mass is 35.5. The van der Waals surface area contributed by atoms with Crippen molar-refractivity contribution in [1.82, 2.24) is 4.90 Å². The lowest BCUT2D eigenvalue weighted by atomic mass is 9.75. The number of nitrogens with zero attached hydrogens (tertiary/aromatic N) is 3. The highest BCUT2D eigenvalue weighted by Crippen LogP contribution is 2.60. The third-order valence-electron chi connectivity index (χ3n) is 7.53. The molecule has 1 spiro atoms. The molecule has 33 heavy (non-hydrogen) atoms. The number of imide groups is 1. The average Bonchev–Trinajstić information content (AvgIpc) is 3.47. The van der Waals surface area contributed by atoms with Gasteiger partial charge in [0.05, 0.1) is 22.4 Å². The Morgan fingerprint density at radius 1 is 1.15 bits per heavy atom. The molecule has 4 heterocycles. The number of benzene rings is 2. The number of halogens is 1. The summed E-state index contributed by atoms with van der Waals surface area (Å²) in [6.45, 7) is 2.54. The van der Waals surface area contributed by atoms with E-state index in [-0.39, 0.29) is 28.3 Å². The second-order valence-electron chi connectivity index (χ2n) is 9.08. The van der Waals surface area contributed by atoms with Gasteiger partial charge in [-0.3, -0.25) is 29.4 Å². The lowest BCUT2D eigenvalue weighted by Crippen LogP contribution is -2.54. The molecule has 2 aromatic carbocycles. The Morgan fingerprint density at radius 3 is 2.70 bits per heavy atom. The van der Waals surface area contributed by atoms with Gasteiger partial charge in [0.1, 0.15) is 10.6 Å². The van der Waals surface area contributed by atoms with Gasteiger partial charge in [-0.2, -0.15) is 0 Å². The van der Waals surface area contributed by atoms with E-state index in [4.69, 9.17) is 11.6 Å². The second kappa shape index (κ2) is 6.61. The van der Waals surface area contributed by atoms with E-state index in [0.29, 0.717) is 18.7 Å². The van der Waals surface area contributed by atoms with Crippen molar-refractivity contribution in [3.05, 3.63) is 62.7 Å². The first-order valence-electron chi connectivity index (χ1n) is 10.8. The minimum Gasteiger partial charge on any atom is -0.324 e. The summed E-state index contributed by atoms with van der Waals surface area (Å²) in [5, 5.41) is 14.2. The first-order valence-corrected chi connectivity index (χ1v) is 11.2. The van der Waals surface area contributed by atoms with Crippen molar-refractivity contribution in [3.8, 4) is 0 Å². The quantitative estimate of drug-likeness (QED) is 0.413. The first kappa shape index (κ1) is 20.3. The maximum atomic E-state index is 13.9. The van der Waals surface area contributed by atoms with Crippen molar-refractivity contribution in [2.75, 3.05) is 16.8 Å². The van der Waals surface area contributed by atoms with Crippen molar-refractivity contribution < 1.29 is 19.3 Å². The molecule has 0 saturated carbocycles. The Balaban J connectivity index is 1.54. The molecule has 0 unspecified atom stereocenters. The summed E-state index contributed by atoms with van der Waals surface area (Å²) < 4.78 is 0. The maximum Gasteiger partial charge on any atom is 0.289 e. The third kappa shape index (κ3) is 2.38. The lowest BCUT2D eigenvalue weighted by Gasteiger charge is -2.36. The molecule has 168 valence electrons. The summed E-state index contributed by atoms with van der Waals surface area (Å²) >= 11 is 5.94. The van der Waals surface area contributed by atoms with Gasteiger partial charge >= 0.3 is 0 Å². The van der Waals surface area contributed by atoms with E-state index < -0.39 is 34.1 Å². The van der Waals surface area contributed by atoms with E-state index in [9.17, 15) is 24.5 Å². The molecular weight excluding hydrogens is 448 g/mol. The summed E-state index contributed by atoms with van der Waals surface area (Å²) in [4.78, 5) is 55.0. The van der Waals surface area contributed by atoms with Crippen LogP contribution >= 0.6 is 11.6 Å². The molecule has 4 aliphatic heterocycles. The van der Waals surface area contributed by atoms with Gasteiger partial charge in [-0.25, -0.2) is 4.90 Å². The number of carbonyl (C=O) groups is 3. The van der Waals surface area contributed by atoms with Crippen molar-refractivity contribution in [1.29, 1.82) is 0 Å². The fourth-order valence-electron chi connectivity index (χ4n) is 6.35. The summed E-state index contributed by atoms with van der Waals surface area (Å²) in [7, 11) is 0. The van der Waals surface area contributed by atoms with Gasteiger partial charge < -0.3 is 5.32 Å². The molecule has 10 heteroatoms. The Hall–Kier alpha value is -3.30. The number of rotatable bonds is 2. The summed E-state index contributed by atoms with van der Waals surface area (Å²) in [5.74, 6) is -2.85. The fourth-order valence-corrected chi connectivity index (χ4v) is 6.54. The van der Waals surface area contributed by atoms with Gasteiger partial charge in [-0.15, -0.1) is 0 Å². The smallest absolute Gasteiger partial charge is 0.289 e. The molecule has 9 nitrogen and oxygen atoms in total. The number of fused-ring (bicyclic) bond motifs is 7. The largest absolute Gasteiger partial charge is 0.324 e. The molecule has 2 aromatic rings. The second-order valence-corrected chi connectivity index (χ2v) is 9.49. The predicted molar refractivity (Wildman–Crippen MR) is 119 cm³/mol. The average molecular weight is 467 g/mol. The third-order valence-corrected chi connectivity index (χ3v) is 7.85. The number of nitro benzene ring substituents is 1. The maximum absolute atomic E-state index is 13.9. The Morgan fingerprint density at radius 2 is 1.94 bits per heavy atom. The minimum absolute atomic E-state index is 0.0824. The molecule has 0 radical (unpaired) electrons. The van der Waals surface area contributed by atoms with Crippen LogP contribution in [0.15, 0.2) is 36.4 Å². The Bertz CT molecular complexity index is 1300. The number of aryl methyl sites for hydroxylation is 1. The van der Waals surface area contributed by atoms with Crippen LogP contribution in [-0.4, -0.2) is 40.1 Å². The van der Waals surface area contributed by atoms with Crippen LogP contribution in [0.5, 0.6) is 0 Å². The first-order chi connectivity index (χ1) is 15.8. The van der Waals surface area contributed by atoms with Crippen molar-refractivity contribution in [2.45, 2.75) is 31.3 Å². The zero-order chi connectivity index (χ0) is 23.2. The fraction of sp³-hybridized carbons (Fsp3) is 0.348. The van der Waals surface area contributed by atoms with Crippen LogP contribution < -0.4 is 10.2 Å². The number of nitro groups is 1. The standard InChI is InChI=1S/C23H19ClN4O5/c1-11-4-7-15-13(9-11)23(22(31)25-15)19-18(16-3-2-8-26(16)23)20(29)27(21(19)30)12-5-6-14(24)17(10-12)28(32)33/h4-7,9-10,16,18-19H,2-3,8H2,1H3,(H,25,31)/t16-,18-,19-,23-/m1/s1. The molecule has 4 atom stereocenters. The number of amides is 3. The molecule has 4 aliphatic rings. The number of carbonyl (C=O) groups excluding carboxylic acids is 3. The Kier molecular flexibility index (Phi) is 4.07. The number of nitrogens with one attached hydrogen (secondary N) is 1. The van der Waals surface area contributed by atoms with E-state index in [2.05, 4.69) is 5.32 Å². The number of anilines is 2. The van der Waals surface area contributed by atoms with Crippen molar-refractivity contribution >= 4 is 46.4 Å². The molecule has 3 saturated heterocycles. The van der Waals surface area contributed by atoms with E-state index in [0.717, 1.165) is 28.5 Å². The highest BCUT2D eigenvalue weighted by molar-refractivity contribution is 6.33. The zero-order valence-electron chi connectivity index (χ0n) is 17.6. The van der Waals surface area contributed by atoms with Gasteiger partial charge in [0.15, 0.2) is 0 Å². The molecule has 0 aliphatic carbocycles. The van der Waals surface area contributed by atoms with E-state index in [1.54, 1.807) is 0 Å². The Labute approximate surface area is 193 Å². The van der Waals surface area contributed by atoms with E-state index in [1.165, 1.54) is 12.1 Å². The van der Waals surface area contributed by atoms with Crippen molar-refractivity contribution in [3.63, 3.8) is 0 Å². The molecule has 3 amide bonds. The van der Waals surface area contributed by atoms with Crippen LogP contribution in [0.2, 0.25) is 5.02 Å². The molecule has 1 N–H and O–H groups in total. The van der Waals surface area contributed by atoms with Crippen molar-refractivity contribution in [2.24, 2.45) is 11.8 Å². The van der Waals surface area contributed by atoms with Crippen LogP contribution in [0.1, 0.15) is 24.0 Å². The van der Waals surface area contributed by atoms with Crippen LogP contribution in [0.3, 0.4) is 0 Å². The van der Waals surface area contributed by atoms with E-state index >= 15 is 0 Å². The lowest BCUT2D eigenvalue weighted by molar-refractivity contribution is -0.384. The molecule has 0 aromatic heterocycles. The van der Waals surface area contributed by atoms with Gasteiger partial charge in [-0.1, -0.05) is 29.3 Å². The van der Waals surface area contributed by atoms with Crippen LogP contribution in [0.4, 0.5) is 17.1 Å². The van der Waals surface area contributed by atoms with Crippen LogP contribution in [0, 0.1) is 28.9 Å². The summed E-state index contributed by atoms with van der Waals surface area (Å²) in [6.07, 6.45) is 1.52. The van der Waals surface area contributed by atoms with Gasteiger partial charge in [0.2, 0.25) is 17.7 Å². The van der Waals surface area contributed by atoms with Gasteiger partial charge in [0.25, 0.3) is 5.69 Å². The molecule has 0 bridgehead atoms. The normalized spacial score (nSPS) is 30.1. The van der Waals surface area contributed by atoms with Gasteiger partial charge in [-0.05, 0) is 44.5 Å². The number of hydrogen-bond donors (Lipinski definition) is 1. The van der Waals surface area contributed by atoms with E-state index in [1.807, 2.05) is 30.0 Å². The number of hydrogen-bond acceptors (Lipinski definition) is 6. The topological polar surface area (TPSA) is 113 Å². The zero-order valence-corrected chi connectivity index (χ0v) is 18.3. The molecule has 3 fully saturated rings. The SMILES string of the molecule is Cc1ccc2c(c1)[C@]1(C(=O)N2)[C@H]2C(=O)N(c3ccc(Cl)c([N+](=O)[O-])c3)C(=O)[C@@H]2[C@H]2CCCN21. The molecular formula is C23H19ClN4O5. The van der Waals surface area contributed by atoms with Crippen LogP contribution in [-0.2, 0) is 19.9 Å². The summed E-state index contributed by atoms with van der Waals surface area (Å²) in [6, 6.07) is 9.27. The predicted octanol–water partition coefficient (Wildman–Crippen LogP) is 2.99. The minimum atomic E-state index is -1.27.